The number of rotatable bonds is 32. The molecular formula is C38H52N10O15S2. The van der Waals surface area contributed by atoms with Crippen LogP contribution in [0.1, 0.15) is 80.7 Å². The van der Waals surface area contributed by atoms with E-state index < -0.39 is 138 Å². The number of hydrogen-bond acceptors (Lipinski definition) is 19. The molecule has 0 bridgehead atoms. The van der Waals surface area contributed by atoms with Crippen LogP contribution in [0.15, 0.2) is 34.3 Å². The van der Waals surface area contributed by atoms with Gasteiger partial charge in [-0.1, -0.05) is 0 Å². The highest BCUT2D eigenvalue weighted by Gasteiger charge is 2.30. The number of nitrogens with one attached hydrogen (secondary N) is 4. The number of carbonyl (C=O) groups excluding carboxylic acids is 7. The molecule has 0 spiro atoms. The van der Waals surface area contributed by atoms with Crippen LogP contribution in [0, 0.1) is 0 Å². The molecule has 356 valence electrons. The third-order valence-electron chi connectivity index (χ3n) is 8.66. The van der Waals surface area contributed by atoms with Crippen molar-refractivity contribution in [1.82, 2.24) is 31.2 Å². The fraction of sp³-hybridized carbons (Fsp3) is 0.500. The van der Waals surface area contributed by atoms with Crippen molar-refractivity contribution >= 4 is 101 Å². The molecule has 1 rings (SSSR count). The molecule has 6 atom stereocenters. The maximum absolute atomic E-state index is 14.1. The number of nitrogens with two attached hydrogens (primary N) is 2. The van der Waals surface area contributed by atoms with Crippen molar-refractivity contribution in [1.29, 1.82) is 0 Å². The van der Waals surface area contributed by atoms with Gasteiger partial charge in [-0.15, -0.1) is 23.5 Å². The van der Waals surface area contributed by atoms with E-state index >= 15 is 0 Å². The summed E-state index contributed by atoms with van der Waals surface area (Å²) in [6.07, 6.45) is 1.23. The van der Waals surface area contributed by atoms with E-state index in [0.717, 1.165) is 35.9 Å². The van der Waals surface area contributed by atoms with Crippen molar-refractivity contribution in [2.45, 2.75) is 94.0 Å². The van der Waals surface area contributed by atoms with Crippen molar-refractivity contribution in [2.24, 2.45) is 21.5 Å². The van der Waals surface area contributed by atoms with Gasteiger partial charge >= 0.3 is 23.9 Å². The summed E-state index contributed by atoms with van der Waals surface area (Å²) in [7, 11) is 0. The van der Waals surface area contributed by atoms with E-state index in [4.69, 9.17) is 31.9 Å². The Hall–Kier alpha value is -6.45. The number of carbonyl (C=O) groups is 11. The Balaban J connectivity index is 3.64. The molecule has 3 unspecified atom stereocenters. The average Bonchev–Trinajstić information content (AvgIpc) is 3.24. The molecule has 1 heterocycles. The molecule has 0 aliphatic heterocycles. The first kappa shape index (κ1) is 56.6. The van der Waals surface area contributed by atoms with Gasteiger partial charge in [-0.2, -0.15) is 0 Å². The first-order valence-corrected chi connectivity index (χ1v) is 21.4. The highest BCUT2D eigenvalue weighted by atomic mass is 32.2. The molecule has 0 aliphatic carbocycles. The summed E-state index contributed by atoms with van der Waals surface area (Å²) >= 11 is 1.77. The van der Waals surface area contributed by atoms with Crippen LogP contribution in [0.3, 0.4) is 0 Å². The quantitative estimate of drug-likeness (QED) is 0.0283. The Kier molecular flexibility index (Phi) is 25.3. The Morgan fingerprint density at radius 2 is 1.23 bits per heavy atom. The smallest absolute Gasteiger partial charge is 0.322 e. The topological polar surface area (TPSA) is 419 Å². The largest absolute Gasteiger partial charge is 0.480 e. The minimum Gasteiger partial charge on any atom is -0.480 e. The van der Waals surface area contributed by atoms with Gasteiger partial charge in [0.2, 0.25) is 23.6 Å². The lowest BCUT2D eigenvalue weighted by atomic mass is 10.1. The van der Waals surface area contributed by atoms with Crippen LogP contribution in [0.5, 0.6) is 0 Å². The Morgan fingerprint density at radius 3 is 1.63 bits per heavy atom. The number of carboxylic acids is 4. The summed E-state index contributed by atoms with van der Waals surface area (Å²) < 4.78 is 0. The number of aromatic nitrogens is 2. The number of aliphatic carboxylic acids is 4. The predicted octanol–water partition coefficient (Wildman–Crippen LogP) is -1.75. The number of nitrogens with zero attached hydrogens (tertiary/aromatic N) is 4. The second-order valence-corrected chi connectivity index (χ2v) is 16.4. The van der Waals surface area contributed by atoms with Crippen LogP contribution in [0.4, 0.5) is 0 Å². The van der Waals surface area contributed by atoms with Gasteiger partial charge < -0.3 is 53.2 Å². The van der Waals surface area contributed by atoms with E-state index in [2.05, 4.69) is 47.9 Å². The van der Waals surface area contributed by atoms with E-state index in [1.54, 1.807) is 0 Å². The molecule has 0 saturated heterocycles. The Morgan fingerprint density at radius 1 is 0.738 bits per heavy atom. The third kappa shape index (κ3) is 22.6. The van der Waals surface area contributed by atoms with Crippen molar-refractivity contribution in [3.63, 3.8) is 0 Å². The molecule has 0 radical (unpaired) electrons. The number of thioether (sulfide) groups is 2. The standard InChI is InChI=1S/C38H52N10O15S2/c1-18(19(2)49)42-12-25(41-4)29(64-16-27(35(58)45-14-33(54)55)47-31(52)7-5-22(39)37(60)61)9-21(51)10-30(26-13-43-24(11-44-26)20(3)50)65-17-28(36(59)46-15-34(56)57)48-32(53)8-6-23(40)38(62)63/h11-13,22-23,27-30H,4-10,14-17,39-40H2,1-3H3,(H,45,58)(H,46,59)(H,47,52)(H,48,53)(H,54,55)(H,56,57)(H,60,61)(H,62,63)/b25-12-,42-18?/t22-,23+,27+,28?,29?,30?/m1/s1. The van der Waals surface area contributed by atoms with Crippen LogP contribution in [-0.4, -0.2) is 162 Å². The van der Waals surface area contributed by atoms with Crippen molar-refractivity contribution in [2.75, 3.05) is 24.6 Å². The first-order valence-electron chi connectivity index (χ1n) is 19.3. The third-order valence-corrected chi connectivity index (χ3v) is 11.3. The molecule has 1 aromatic rings. The second-order valence-electron chi connectivity index (χ2n) is 13.9. The molecule has 0 aliphatic rings. The van der Waals surface area contributed by atoms with E-state index in [9.17, 15) is 52.7 Å². The van der Waals surface area contributed by atoms with Crippen LogP contribution in [-0.2, 0) is 47.9 Å². The number of ketones is 3. The van der Waals surface area contributed by atoms with E-state index in [1.165, 1.54) is 27.0 Å². The normalized spacial score (nSPS) is 14.2. The van der Waals surface area contributed by atoms with Crippen LogP contribution in [0.25, 0.3) is 0 Å². The zero-order chi connectivity index (χ0) is 49.4. The van der Waals surface area contributed by atoms with Crippen LogP contribution >= 0.6 is 23.5 Å². The van der Waals surface area contributed by atoms with Gasteiger partial charge in [0.05, 0.1) is 40.0 Å². The van der Waals surface area contributed by atoms with Gasteiger partial charge in [0.1, 0.15) is 48.7 Å². The minimum atomic E-state index is -1.46. The summed E-state index contributed by atoms with van der Waals surface area (Å²) in [6, 6.07) is -5.70. The number of Topliss-reactive ketones (excluding diaryl/α,β-unsaturated/α-hetero) is 3. The van der Waals surface area contributed by atoms with Gasteiger partial charge in [-0.3, -0.25) is 67.7 Å². The monoisotopic (exact) mass is 952 g/mol. The highest BCUT2D eigenvalue weighted by molar-refractivity contribution is 8.00. The highest BCUT2D eigenvalue weighted by Crippen LogP contribution is 2.34. The average molecular weight is 953 g/mol. The zero-order valence-corrected chi connectivity index (χ0v) is 37.1. The molecule has 25 nitrogen and oxygen atoms in total. The molecule has 12 N–H and O–H groups in total. The number of amides is 4. The Bertz CT molecular complexity index is 2020. The lowest BCUT2D eigenvalue weighted by Crippen LogP contribution is -2.49. The SMILES string of the molecule is C=N/C(=C\N=C(C)C(C)=O)C(CC(=O)CC(SCC(NC(=O)CC[C@H](N)C(=O)O)C(=O)NCC(=O)O)c1cnc(C(C)=O)cn1)SC[C@H](NC(=O)CC[C@@H](N)C(=O)O)C(=O)NCC(=O)O. The lowest BCUT2D eigenvalue weighted by Gasteiger charge is -2.23. The number of carboxylic acid groups (broad SMARTS) is 4. The van der Waals surface area contributed by atoms with Crippen LogP contribution in [0.2, 0.25) is 0 Å². The fourth-order valence-electron chi connectivity index (χ4n) is 4.88. The van der Waals surface area contributed by atoms with Gasteiger partial charge in [0, 0.05) is 57.2 Å². The van der Waals surface area contributed by atoms with Gasteiger partial charge in [-0.05, 0) is 26.5 Å². The summed E-state index contributed by atoms with van der Waals surface area (Å²) in [5.74, 6) is -11.1. The molecule has 27 heteroatoms. The summed E-state index contributed by atoms with van der Waals surface area (Å²) in [5.41, 5.74) is 11.1. The van der Waals surface area contributed by atoms with E-state index in [-0.39, 0.29) is 47.1 Å². The number of aliphatic imine (C=N–C) groups is 2. The minimum absolute atomic E-state index is 0.0164. The molecular weight excluding hydrogens is 901 g/mol. The molecule has 65 heavy (non-hydrogen) atoms. The zero-order valence-electron chi connectivity index (χ0n) is 35.5. The molecule has 0 saturated carbocycles. The molecule has 1 aromatic heterocycles. The summed E-state index contributed by atoms with van der Waals surface area (Å²) in [5, 5.41) is 43.5. The fourth-order valence-corrected chi connectivity index (χ4v) is 7.40. The lowest BCUT2D eigenvalue weighted by molar-refractivity contribution is -0.140. The van der Waals surface area contributed by atoms with Crippen molar-refractivity contribution < 1.29 is 73.2 Å². The molecule has 4 amide bonds. The second kappa shape index (κ2) is 29.1. The van der Waals surface area contributed by atoms with Crippen molar-refractivity contribution in [3.05, 3.63) is 35.7 Å². The van der Waals surface area contributed by atoms with E-state index in [1.807, 2.05) is 0 Å². The summed E-state index contributed by atoms with van der Waals surface area (Å²) in [4.78, 5) is 151. The maximum Gasteiger partial charge on any atom is 0.322 e. The predicted molar refractivity (Wildman–Crippen MR) is 234 cm³/mol. The summed E-state index contributed by atoms with van der Waals surface area (Å²) in [6.45, 7) is 5.78. The number of hydrogen-bond donors (Lipinski definition) is 10. The van der Waals surface area contributed by atoms with Gasteiger partial charge in [0.25, 0.3) is 0 Å². The van der Waals surface area contributed by atoms with Crippen LogP contribution < -0.4 is 32.7 Å². The van der Waals surface area contributed by atoms with Gasteiger partial charge in [-0.25, -0.2) is 4.98 Å². The Labute approximate surface area is 379 Å². The molecule has 0 fully saturated rings. The molecule has 0 aromatic carbocycles. The van der Waals surface area contributed by atoms with Crippen molar-refractivity contribution in [3.8, 4) is 0 Å². The van der Waals surface area contributed by atoms with Gasteiger partial charge in [0.15, 0.2) is 11.6 Å². The maximum atomic E-state index is 14.1. The van der Waals surface area contributed by atoms with E-state index in [0.29, 0.717) is 0 Å². The first-order chi connectivity index (χ1) is 30.4.